The molecule has 2 heterocycles. The van der Waals surface area contributed by atoms with Crippen LogP contribution in [-0.2, 0) is 11.2 Å². The lowest BCUT2D eigenvalue weighted by Gasteiger charge is -2.23. The summed E-state index contributed by atoms with van der Waals surface area (Å²) in [6.45, 7) is 3.72. The molecule has 2 rings (SSSR count). The van der Waals surface area contributed by atoms with Crippen LogP contribution in [0.15, 0.2) is 18.3 Å². The monoisotopic (exact) mass is 207 g/mol. The van der Waals surface area contributed by atoms with E-state index in [2.05, 4.69) is 11.9 Å². The summed E-state index contributed by atoms with van der Waals surface area (Å²) in [4.78, 5) is 4.31. The van der Waals surface area contributed by atoms with E-state index in [0.29, 0.717) is 6.10 Å². The van der Waals surface area contributed by atoms with Crippen LogP contribution in [0.2, 0.25) is 0 Å². The molecule has 1 fully saturated rings. The van der Waals surface area contributed by atoms with Crippen molar-refractivity contribution in [1.82, 2.24) is 4.98 Å². The summed E-state index contributed by atoms with van der Waals surface area (Å²) < 4.78 is 11.1. The van der Waals surface area contributed by atoms with E-state index in [9.17, 15) is 0 Å². The third-order valence-electron chi connectivity index (χ3n) is 2.63. The predicted octanol–water partition coefficient (Wildman–Crippen LogP) is 2.20. The van der Waals surface area contributed by atoms with Gasteiger partial charge in [0.25, 0.3) is 0 Å². The third kappa shape index (κ3) is 2.93. The molecule has 15 heavy (non-hydrogen) atoms. The summed E-state index contributed by atoms with van der Waals surface area (Å²) in [5.74, 6) is 0.874. The molecule has 1 aromatic heterocycles. The first-order chi connectivity index (χ1) is 7.38. The number of rotatable bonds is 3. The van der Waals surface area contributed by atoms with Gasteiger partial charge in [-0.25, -0.2) is 0 Å². The van der Waals surface area contributed by atoms with E-state index in [0.717, 1.165) is 43.9 Å². The molecule has 1 aliphatic heterocycles. The number of ether oxygens (including phenoxy) is 2. The molecule has 1 aromatic rings. The lowest BCUT2D eigenvalue weighted by atomic mass is 10.1. The Labute approximate surface area is 90.4 Å². The maximum atomic E-state index is 5.81. The highest BCUT2D eigenvalue weighted by atomic mass is 16.5. The first-order valence-corrected chi connectivity index (χ1v) is 5.58. The Morgan fingerprint density at radius 2 is 2.20 bits per heavy atom. The Bertz CT molecular complexity index is 291. The topological polar surface area (TPSA) is 31.4 Å². The van der Waals surface area contributed by atoms with Gasteiger partial charge in [-0.3, -0.25) is 4.98 Å². The summed E-state index contributed by atoms with van der Waals surface area (Å²) in [6.07, 6.45) is 5.05. The van der Waals surface area contributed by atoms with Crippen LogP contribution in [0.1, 0.15) is 25.5 Å². The fourth-order valence-electron chi connectivity index (χ4n) is 1.68. The normalized spacial score (nSPS) is 17.7. The molecule has 82 valence electrons. The van der Waals surface area contributed by atoms with Crippen molar-refractivity contribution in [2.75, 3.05) is 13.2 Å². The van der Waals surface area contributed by atoms with E-state index in [1.54, 1.807) is 0 Å². The SMILES string of the molecule is CCc1ccc(OC2CCOCC2)cn1. The molecule has 0 radical (unpaired) electrons. The second kappa shape index (κ2) is 5.12. The molecular formula is C12H17NO2. The minimum atomic E-state index is 0.299. The Kier molecular flexibility index (Phi) is 3.56. The molecule has 0 saturated carbocycles. The summed E-state index contributed by atoms with van der Waals surface area (Å²) in [6, 6.07) is 4.02. The molecule has 1 aliphatic rings. The van der Waals surface area contributed by atoms with Gasteiger partial charge in [-0.2, -0.15) is 0 Å². The van der Waals surface area contributed by atoms with Crippen LogP contribution in [-0.4, -0.2) is 24.3 Å². The van der Waals surface area contributed by atoms with Crippen LogP contribution in [0.3, 0.4) is 0 Å². The zero-order valence-electron chi connectivity index (χ0n) is 9.11. The molecule has 0 bridgehead atoms. The van der Waals surface area contributed by atoms with Crippen molar-refractivity contribution in [2.24, 2.45) is 0 Å². The van der Waals surface area contributed by atoms with E-state index in [-0.39, 0.29) is 0 Å². The number of pyridine rings is 1. The molecule has 0 spiro atoms. The van der Waals surface area contributed by atoms with E-state index in [4.69, 9.17) is 9.47 Å². The first-order valence-electron chi connectivity index (χ1n) is 5.58. The Hall–Kier alpha value is -1.09. The van der Waals surface area contributed by atoms with Gasteiger partial charge in [0.1, 0.15) is 11.9 Å². The van der Waals surface area contributed by atoms with Gasteiger partial charge in [0.2, 0.25) is 0 Å². The van der Waals surface area contributed by atoms with Gasteiger partial charge in [0.15, 0.2) is 0 Å². The van der Waals surface area contributed by atoms with E-state index in [1.807, 2.05) is 18.3 Å². The minimum absolute atomic E-state index is 0.299. The van der Waals surface area contributed by atoms with Crippen molar-refractivity contribution >= 4 is 0 Å². The molecule has 0 atom stereocenters. The van der Waals surface area contributed by atoms with Crippen LogP contribution >= 0.6 is 0 Å². The highest BCUT2D eigenvalue weighted by Crippen LogP contribution is 2.17. The van der Waals surface area contributed by atoms with Gasteiger partial charge in [0.05, 0.1) is 19.4 Å². The van der Waals surface area contributed by atoms with Crippen LogP contribution in [0.4, 0.5) is 0 Å². The number of aromatic nitrogens is 1. The predicted molar refractivity (Wildman–Crippen MR) is 58.1 cm³/mol. The standard InChI is InChI=1S/C12H17NO2/c1-2-10-3-4-12(9-13-10)15-11-5-7-14-8-6-11/h3-4,9,11H,2,5-8H2,1H3. The number of nitrogens with zero attached hydrogens (tertiary/aromatic N) is 1. The zero-order valence-corrected chi connectivity index (χ0v) is 9.11. The molecule has 3 heteroatoms. The smallest absolute Gasteiger partial charge is 0.138 e. The second-order valence-corrected chi connectivity index (χ2v) is 3.77. The molecule has 3 nitrogen and oxygen atoms in total. The summed E-state index contributed by atoms with van der Waals surface area (Å²) in [5.41, 5.74) is 1.11. The van der Waals surface area contributed by atoms with Crippen molar-refractivity contribution in [3.8, 4) is 5.75 Å². The number of hydrogen-bond donors (Lipinski definition) is 0. The summed E-state index contributed by atoms with van der Waals surface area (Å²) in [5, 5.41) is 0. The third-order valence-corrected chi connectivity index (χ3v) is 2.63. The van der Waals surface area contributed by atoms with Gasteiger partial charge < -0.3 is 9.47 Å². The average molecular weight is 207 g/mol. The summed E-state index contributed by atoms with van der Waals surface area (Å²) in [7, 11) is 0. The first kappa shape index (κ1) is 10.4. The van der Waals surface area contributed by atoms with Crippen molar-refractivity contribution in [1.29, 1.82) is 0 Å². The Morgan fingerprint density at radius 3 is 2.80 bits per heavy atom. The quantitative estimate of drug-likeness (QED) is 0.761. The second-order valence-electron chi connectivity index (χ2n) is 3.77. The molecule has 0 aromatic carbocycles. The van der Waals surface area contributed by atoms with E-state index >= 15 is 0 Å². The van der Waals surface area contributed by atoms with Crippen LogP contribution in [0, 0.1) is 0 Å². The Morgan fingerprint density at radius 1 is 1.40 bits per heavy atom. The van der Waals surface area contributed by atoms with Gasteiger partial charge in [0, 0.05) is 18.5 Å². The van der Waals surface area contributed by atoms with Crippen molar-refractivity contribution in [3.05, 3.63) is 24.0 Å². The lowest BCUT2D eigenvalue weighted by molar-refractivity contribution is 0.0254. The maximum Gasteiger partial charge on any atom is 0.138 e. The fourth-order valence-corrected chi connectivity index (χ4v) is 1.68. The Balaban J connectivity index is 1.91. The molecule has 1 saturated heterocycles. The molecule has 0 unspecified atom stereocenters. The molecule has 0 amide bonds. The molecule has 0 N–H and O–H groups in total. The van der Waals surface area contributed by atoms with Crippen molar-refractivity contribution in [3.63, 3.8) is 0 Å². The number of hydrogen-bond acceptors (Lipinski definition) is 3. The number of aryl methyl sites for hydroxylation is 1. The van der Waals surface area contributed by atoms with E-state index < -0.39 is 0 Å². The van der Waals surface area contributed by atoms with Crippen LogP contribution in [0.25, 0.3) is 0 Å². The van der Waals surface area contributed by atoms with Gasteiger partial charge in [-0.05, 0) is 18.6 Å². The van der Waals surface area contributed by atoms with Gasteiger partial charge >= 0.3 is 0 Å². The largest absolute Gasteiger partial charge is 0.489 e. The van der Waals surface area contributed by atoms with Crippen LogP contribution < -0.4 is 4.74 Å². The molecule has 0 aliphatic carbocycles. The lowest BCUT2D eigenvalue weighted by Crippen LogP contribution is -2.25. The van der Waals surface area contributed by atoms with Crippen molar-refractivity contribution < 1.29 is 9.47 Å². The molecular weight excluding hydrogens is 190 g/mol. The van der Waals surface area contributed by atoms with Crippen molar-refractivity contribution in [2.45, 2.75) is 32.3 Å². The highest BCUT2D eigenvalue weighted by Gasteiger charge is 2.15. The summed E-state index contributed by atoms with van der Waals surface area (Å²) >= 11 is 0. The van der Waals surface area contributed by atoms with Gasteiger partial charge in [-0.1, -0.05) is 6.92 Å². The highest BCUT2D eigenvalue weighted by molar-refractivity contribution is 5.20. The minimum Gasteiger partial charge on any atom is -0.489 e. The van der Waals surface area contributed by atoms with Crippen LogP contribution in [0.5, 0.6) is 5.75 Å². The van der Waals surface area contributed by atoms with Gasteiger partial charge in [-0.15, -0.1) is 0 Å². The maximum absolute atomic E-state index is 5.81. The fraction of sp³-hybridized carbons (Fsp3) is 0.583. The average Bonchev–Trinajstić information content (AvgIpc) is 2.31. The van der Waals surface area contributed by atoms with E-state index in [1.165, 1.54) is 0 Å². The zero-order chi connectivity index (χ0) is 10.5.